The fourth-order valence-corrected chi connectivity index (χ4v) is 8.77. The van der Waals surface area contributed by atoms with Crippen LogP contribution in [0.2, 0.25) is 0 Å². The van der Waals surface area contributed by atoms with Gasteiger partial charge in [-0.05, 0) is 82.7 Å². The Labute approximate surface area is 392 Å². The van der Waals surface area contributed by atoms with Gasteiger partial charge in [0, 0.05) is 55.0 Å². The number of rotatable bonds is 6. The number of hydrogen-bond acceptors (Lipinski definition) is 4. The summed E-state index contributed by atoms with van der Waals surface area (Å²) in [5.74, 6) is 1.76. The fourth-order valence-electron chi connectivity index (χ4n) is 8.77. The monoisotopic (exact) mass is 1020 g/mol. The van der Waals surface area contributed by atoms with Gasteiger partial charge in [-0.25, -0.2) is 4.98 Å². The molecule has 0 spiro atoms. The number of aromatic nitrogens is 3. The van der Waals surface area contributed by atoms with Crippen LogP contribution in [0.4, 0.5) is 0 Å². The second kappa shape index (κ2) is 16.5. The van der Waals surface area contributed by atoms with Crippen molar-refractivity contribution < 1.29 is 30.6 Å². The SMILES string of the molecule is Cc1cccc(C)c1-c1cc2cnc(-c3[c-]c(-c4cccc5c4nc(-c4cc(C(C)(C)C)cc(C(C)(C)C)c4O)n5-c4ccccc4-c4ccccc4)cc(C(C)(C)C)c3)cc2o1.[Pt]. The average Bonchev–Trinajstić information content (AvgIpc) is 3.84. The van der Waals surface area contributed by atoms with Crippen molar-refractivity contribution in [3.63, 3.8) is 0 Å². The van der Waals surface area contributed by atoms with E-state index in [0.29, 0.717) is 11.4 Å². The summed E-state index contributed by atoms with van der Waals surface area (Å²) in [7, 11) is 0. The van der Waals surface area contributed by atoms with E-state index in [1.807, 2.05) is 18.3 Å². The first-order chi connectivity index (χ1) is 29.9. The van der Waals surface area contributed by atoms with Gasteiger partial charge in [0.25, 0.3) is 0 Å². The molecule has 5 nitrogen and oxygen atoms in total. The number of hydrogen-bond donors (Lipinski definition) is 1. The number of fused-ring (bicyclic) bond motifs is 2. The van der Waals surface area contributed by atoms with Crippen LogP contribution in [0.5, 0.6) is 5.75 Å². The minimum absolute atomic E-state index is 0. The number of pyridine rings is 1. The molecule has 9 aromatic rings. The molecule has 3 aromatic heterocycles. The van der Waals surface area contributed by atoms with Crippen molar-refractivity contribution in [1.29, 1.82) is 0 Å². The van der Waals surface area contributed by atoms with Crippen LogP contribution >= 0.6 is 0 Å². The van der Waals surface area contributed by atoms with E-state index in [9.17, 15) is 5.11 Å². The molecule has 0 bridgehead atoms. The Kier molecular flexibility index (Phi) is 11.5. The second-order valence-electron chi connectivity index (χ2n) is 20.2. The van der Waals surface area contributed by atoms with E-state index in [4.69, 9.17) is 14.4 Å². The molecular weight excluding hydrogens is 966 g/mol. The molecule has 6 heteroatoms. The first kappa shape index (κ1) is 44.6. The third kappa shape index (κ3) is 8.16. The van der Waals surface area contributed by atoms with E-state index in [2.05, 4.69) is 202 Å². The minimum Gasteiger partial charge on any atom is -0.507 e. The van der Waals surface area contributed by atoms with Gasteiger partial charge in [0.2, 0.25) is 0 Å². The third-order valence-corrected chi connectivity index (χ3v) is 12.4. The Morgan fingerprint density at radius 2 is 1.23 bits per heavy atom. The number of imidazole rings is 1. The number of benzene rings is 6. The molecule has 0 aliphatic heterocycles. The van der Waals surface area contributed by atoms with Gasteiger partial charge in [0.1, 0.15) is 22.9 Å². The molecule has 1 N–H and O–H groups in total. The van der Waals surface area contributed by atoms with Gasteiger partial charge in [-0.15, -0.1) is 29.3 Å². The quantitative estimate of drug-likeness (QED) is 0.169. The largest absolute Gasteiger partial charge is 0.507 e. The zero-order chi connectivity index (χ0) is 44.6. The van der Waals surface area contributed by atoms with Gasteiger partial charge in [0.15, 0.2) is 0 Å². The second-order valence-corrected chi connectivity index (χ2v) is 20.2. The van der Waals surface area contributed by atoms with Gasteiger partial charge < -0.3 is 9.52 Å². The van der Waals surface area contributed by atoms with Crippen LogP contribution < -0.4 is 0 Å². The molecule has 0 atom stereocenters. The Bertz CT molecular complexity index is 3190. The van der Waals surface area contributed by atoms with Crippen molar-refractivity contribution in [3.05, 3.63) is 167 Å². The van der Waals surface area contributed by atoms with Crippen molar-refractivity contribution in [3.8, 4) is 67.7 Å². The van der Waals surface area contributed by atoms with E-state index in [-0.39, 0.29) is 43.1 Å². The summed E-state index contributed by atoms with van der Waals surface area (Å²) in [5, 5.41) is 13.4. The smallest absolute Gasteiger partial charge is 0.148 e. The Balaban J connectivity index is 0.00000560. The molecule has 0 saturated heterocycles. The van der Waals surface area contributed by atoms with Gasteiger partial charge in [-0.2, -0.15) is 0 Å². The first-order valence-electron chi connectivity index (χ1n) is 22.0. The number of phenolic OH excluding ortho intramolecular Hbond substituents is 1. The summed E-state index contributed by atoms with van der Waals surface area (Å²) in [6, 6.07) is 48.4. The predicted octanol–water partition coefficient (Wildman–Crippen LogP) is 15.5. The zero-order valence-corrected chi connectivity index (χ0v) is 41.0. The summed E-state index contributed by atoms with van der Waals surface area (Å²) in [6.07, 6.45) is 1.91. The normalized spacial score (nSPS) is 12.2. The number of phenols is 1. The van der Waals surface area contributed by atoms with Gasteiger partial charge >= 0.3 is 0 Å². The number of nitrogens with zero attached hydrogens (tertiary/aromatic N) is 3. The molecule has 326 valence electrons. The number of aryl methyl sites for hydroxylation is 2. The summed E-state index contributed by atoms with van der Waals surface area (Å²) in [5.41, 5.74) is 15.8. The van der Waals surface area contributed by atoms with Crippen LogP contribution in [-0.2, 0) is 37.3 Å². The average molecular weight is 1020 g/mol. The van der Waals surface area contributed by atoms with Crippen molar-refractivity contribution in [1.82, 2.24) is 14.5 Å². The molecule has 9 rings (SSSR count). The molecule has 0 unspecified atom stereocenters. The molecule has 0 aliphatic carbocycles. The van der Waals surface area contributed by atoms with Crippen LogP contribution in [0, 0.1) is 19.9 Å². The van der Waals surface area contributed by atoms with E-state index in [1.54, 1.807) is 0 Å². The summed E-state index contributed by atoms with van der Waals surface area (Å²) >= 11 is 0. The topological polar surface area (TPSA) is 64.1 Å². The fraction of sp³-hybridized carbons (Fsp3) is 0.241. The molecule has 0 radical (unpaired) electrons. The molecule has 0 aliphatic rings. The maximum atomic E-state index is 12.4. The van der Waals surface area contributed by atoms with E-state index in [1.165, 1.54) is 11.1 Å². The number of para-hydroxylation sites is 2. The number of aromatic hydroxyl groups is 1. The standard InChI is InChI=1S/C58H56N3O2.Pt/c1-35-19-17-20-36(2)52(35)51-30-40-34-59-47(33-50(40)63-51)39-27-38(28-41(29-39)56(3,4)5)44-24-18-26-49-53(44)60-55(45-31-42(57(6,7)8)32-46(54(45)62)58(9,10)11)61(49)48-25-16-15-23-43(48)37-21-13-12-14-22-37;/h12-26,28-34,62H,1-11H3;/q-1;. The van der Waals surface area contributed by atoms with Crippen LogP contribution in [0.15, 0.2) is 138 Å². The summed E-state index contributed by atoms with van der Waals surface area (Å²) in [4.78, 5) is 10.6. The minimum atomic E-state index is -0.323. The van der Waals surface area contributed by atoms with Gasteiger partial charge in [-0.1, -0.05) is 158 Å². The first-order valence-corrected chi connectivity index (χ1v) is 22.0. The Morgan fingerprint density at radius 1 is 0.609 bits per heavy atom. The Hall–Kier alpha value is -6.03. The number of furan rings is 1. The third-order valence-electron chi connectivity index (χ3n) is 12.4. The zero-order valence-electron chi connectivity index (χ0n) is 38.7. The van der Waals surface area contributed by atoms with Crippen molar-refractivity contribution in [2.75, 3.05) is 0 Å². The van der Waals surface area contributed by atoms with Gasteiger partial charge in [0.05, 0.1) is 22.3 Å². The molecule has 0 saturated carbocycles. The molecule has 0 amide bonds. The predicted molar refractivity (Wildman–Crippen MR) is 262 cm³/mol. The van der Waals surface area contributed by atoms with E-state index >= 15 is 0 Å². The maximum Gasteiger partial charge on any atom is 0.148 e. The van der Waals surface area contributed by atoms with Crippen LogP contribution in [0.1, 0.15) is 90.1 Å². The summed E-state index contributed by atoms with van der Waals surface area (Å²) in [6.45, 7) is 24.1. The molecule has 6 aromatic carbocycles. The maximum absolute atomic E-state index is 12.4. The van der Waals surface area contributed by atoms with Gasteiger partial charge in [-0.3, -0.25) is 9.55 Å². The van der Waals surface area contributed by atoms with Crippen molar-refractivity contribution >= 4 is 22.0 Å². The van der Waals surface area contributed by atoms with Crippen LogP contribution in [0.25, 0.3) is 83.9 Å². The van der Waals surface area contributed by atoms with Crippen molar-refractivity contribution in [2.24, 2.45) is 0 Å². The van der Waals surface area contributed by atoms with Crippen LogP contribution in [0.3, 0.4) is 0 Å². The van der Waals surface area contributed by atoms with E-state index < -0.39 is 0 Å². The van der Waals surface area contributed by atoms with E-state index in [0.717, 1.165) is 89.2 Å². The Morgan fingerprint density at radius 3 is 1.92 bits per heavy atom. The molecular formula is C58H56N3O2Pt-. The van der Waals surface area contributed by atoms with Crippen LogP contribution in [-0.4, -0.2) is 19.6 Å². The molecule has 64 heavy (non-hydrogen) atoms. The molecule has 0 fully saturated rings. The molecule has 3 heterocycles. The van der Waals surface area contributed by atoms with Crippen molar-refractivity contribution in [2.45, 2.75) is 92.4 Å². The summed E-state index contributed by atoms with van der Waals surface area (Å²) < 4.78 is 8.81.